The van der Waals surface area contributed by atoms with Crippen molar-refractivity contribution in [2.75, 3.05) is 39.9 Å². The van der Waals surface area contributed by atoms with Crippen molar-refractivity contribution in [3.63, 3.8) is 0 Å². The topological polar surface area (TPSA) is 41.6 Å². The molecule has 0 atom stereocenters. The number of nitrogens with zero attached hydrogens (tertiary/aromatic N) is 1. The zero-order valence-corrected chi connectivity index (χ0v) is 13.2. The number of aryl methyl sites for hydroxylation is 1. The van der Waals surface area contributed by atoms with E-state index in [1.54, 1.807) is 18.4 Å². The summed E-state index contributed by atoms with van der Waals surface area (Å²) >= 11 is 1.56. The number of piperidine rings is 1. The van der Waals surface area contributed by atoms with Gasteiger partial charge in [-0.1, -0.05) is 0 Å². The molecule has 0 unspecified atom stereocenters. The summed E-state index contributed by atoms with van der Waals surface area (Å²) in [7, 11) is 1.74. The first-order chi connectivity index (χ1) is 9.69. The van der Waals surface area contributed by atoms with Crippen LogP contribution in [0.5, 0.6) is 0 Å². The zero-order valence-electron chi connectivity index (χ0n) is 12.4. The number of rotatable bonds is 6. The summed E-state index contributed by atoms with van der Waals surface area (Å²) in [5.41, 5.74) is 0. The van der Waals surface area contributed by atoms with Crippen LogP contribution in [0.1, 0.15) is 27.4 Å². The third-order valence-corrected chi connectivity index (χ3v) is 4.83. The summed E-state index contributed by atoms with van der Waals surface area (Å²) < 4.78 is 5.10. The van der Waals surface area contributed by atoms with Crippen LogP contribution in [0.15, 0.2) is 12.1 Å². The van der Waals surface area contributed by atoms with Crippen LogP contribution in [-0.2, 0) is 4.74 Å². The van der Waals surface area contributed by atoms with Crippen LogP contribution < -0.4 is 5.32 Å². The van der Waals surface area contributed by atoms with Crippen molar-refractivity contribution in [3.8, 4) is 0 Å². The van der Waals surface area contributed by atoms with Gasteiger partial charge in [0.2, 0.25) is 0 Å². The molecule has 0 saturated carbocycles. The molecule has 1 aromatic rings. The molecule has 2 rings (SSSR count). The lowest BCUT2D eigenvalue weighted by atomic mass is 9.97. The van der Waals surface area contributed by atoms with Gasteiger partial charge in [-0.2, -0.15) is 0 Å². The number of methoxy groups -OCH3 is 1. The van der Waals surface area contributed by atoms with Crippen LogP contribution in [0, 0.1) is 12.8 Å². The second kappa shape index (κ2) is 7.76. The minimum Gasteiger partial charge on any atom is -0.383 e. The Balaban J connectivity index is 1.67. The summed E-state index contributed by atoms with van der Waals surface area (Å²) in [6.07, 6.45) is 2.32. The maximum absolute atomic E-state index is 12.0. The molecule has 20 heavy (non-hydrogen) atoms. The Kier molecular flexibility index (Phi) is 6.01. The third kappa shape index (κ3) is 4.58. The van der Waals surface area contributed by atoms with Crippen LogP contribution in [0.4, 0.5) is 0 Å². The Morgan fingerprint density at radius 1 is 1.45 bits per heavy atom. The van der Waals surface area contributed by atoms with Gasteiger partial charge < -0.3 is 15.0 Å². The first-order valence-corrected chi connectivity index (χ1v) is 8.06. The van der Waals surface area contributed by atoms with Crippen LogP contribution >= 0.6 is 11.3 Å². The van der Waals surface area contributed by atoms with Gasteiger partial charge >= 0.3 is 0 Å². The SMILES string of the molecule is COCCN1CCC(CNC(=O)c2ccc(C)s2)CC1. The van der Waals surface area contributed by atoms with E-state index < -0.39 is 0 Å². The number of carbonyl (C=O) groups excluding carboxylic acids is 1. The van der Waals surface area contributed by atoms with Crippen molar-refractivity contribution < 1.29 is 9.53 Å². The van der Waals surface area contributed by atoms with Crippen molar-refractivity contribution in [1.82, 2.24) is 10.2 Å². The van der Waals surface area contributed by atoms with E-state index in [9.17, 15) is 4.79 Å². The number of thiophene rings is 1. The largest absolute Gasteiger partial charge is 0.383 e. The summed E-state index contributed by atoms with van der Waals surface area (Å²) in [4.78, 5) is 16.4. The maximum atomic E-state index is 12.0. The summed E-state index contributed by atoms with van der Waals surface area (Å²) in [6.45, 7) is 6.87. The van der Waals surface area contributed by atoms with Crippen molar-refractivity contribution >= 4 is 17.2 Å². The number of amides is 1. The highest BCUT2D eigenvalue weighted by Crippen LogP contribution is 2.17. The van der Waals surface area contributed by atoms with Crippen LogP contribution in [0.2, 0.25) is 0 Å². The first kappa shape index (κ1) is 15.5. The lowest BCUT2D eigenvalue weighted by Gasteiger charge is -2.31. The van der Waals surface area contributed by atoms with Gasteiger partial charge in [-0.05, 0) is 50.9 Å². The van der Waals surface area contributed by atoms with E-state index in [0.717, 1.165) is 50.5 Å². The van der Waals surface area contributed by atoms with Crippen molar-refractivity contribution in [2.24, 2.45) is 5.92 Å². The fraction of sp³-hybridized carbons (Fsp3) is 0.667. The van der Waals surface area contributed by atoms with E-state index in [1.807, 2.05) is 19.1 Å². The minimum absolute atomic E-state index is 0.0740. The Morgan fingerprint density at radius 2 is 2.20 bits per heavy atom. The van der Waals surface area contributed by atoms with E-state index in [1.165, 1.54) is 4.88 Å². The van der Waals surface area contributed by atoms with Crippen molar-refractivity contribution in [2.45, 2.75) is 19.8 Å². The Hall–Kier alpha value is -0.910. The molecule has 1 aromatic heterocycles. The molecule has 1 N–H and O–H groups in total. The molecular weight excluding hydrogens is 272 g/mol. The fourth-order valence-corrected chi connectivity index (χ4v) is 3.30. The molecule has 2 heterocycles. The van der Waals surface area contributed by atoms with Gasteiger partial charge in [0.15, 0.2) is 0 Å². The highest BCUT2D eigenvalue weighted by molar-refractivity contribution is 7.13. The van der Waals surface area contributed by atoms with Crippen molar-refractivity contribution in [1.29, 1.82) is 0 Å². The summed E-state index contributed by atoms with van der Waals surface area (Å²) in [6, 6.07) is 3.90. The highest BCUT2D eigenvalue weighted by Gasteiger charge is 2.19. The van der Waals surface area contributed by atoms with Gasteiger partial charge in [-0.25, -0.2) is 0 Å². The molecule has 0 spiro atoms. The lowest BCUT2D eigenvalue weighted by Crippen LogP contribution is -2.39. The van der Waals surface area contributed by atoms with E-state index in [0.29, 0.717) is 5.92 Å². The molecule has 1 amide bonds. The number of ether oxygens (including phenoxy) is 1. The molecule has 0 radical (unpaired) electrons. The lowest BCUT2D eigenvalue weighted by molar-refractivity contribution is 0.0930. The molecule has 1 aliphatic rings. The average Bonchev–Trinajstić information content (AvgIpc) is 2.90. The van der Waals surface area contributed by atoms with Gasteiger partial charge in [-0.3, -0.25) is 4.79 Å². The molecule has 1 saturated heterocycles. The number of hydrogen-bond donors (Lipinski definition) is 1. The molecule has 112 valence electrons. The summed E-state index contributed by atoms with van der Waals surface area (Å²) in [5, 5.41) is 3.07. The third-order valence-electron chi connectivity index (χ3n) is 3.83. The van der Waals surface area contributed by atoms with E-state index in [-0.39, 0.29) is 5.91 Å². The number of likely N-dealkylation sites (tertiary alicyclic amines) is 1. The molecule has 5 heteroatoms. The number of hydrogen-bond acceptors (Lipinski definition) is 4. The molecule has 1 aliphatic heterocycles. The normalized spacial score (nSPS) is 17.3. The Bertz CT molecular complexity index is 425. The fourth-order valence-electron chi connectivity index (χ4n) is 2.52. The van der Waals surface area contributed by atoms with Gasteiger partial charge in [0, 0.05) is 25.1 Å². The quantitative estimate of drug-likeness (QED) is 0.874. The number of carbonyl (C=O) groups is 1. The molecular formula is C15H24N2O2S. The summed E-state index contributed by atoms with van der Waals surface area (Å²) in [5.74, 6) is 0.684. The van der Waals surface area contributed by atoms with Gasteiger partial charge in [0.05, 0.1) is 11.5 Å². The molecule has 0 bridgehead atoms. The molecule has 4 nitrogen and oxygen atoms in total. The maximum Gasteiger partial charge on any atom is 0.261 e. The zero-order chi connectivity index (χ0) is 14.4. The Morgan fingerprint density at radius 3 is 2.80 bits per heavy atom. The predicted molar refractivity (Wildman–Crippen MR) is 82.4 cm³/mol. The molecule has 0 aliphatic carbocycles. The monoisotopic (exact) mass is 296 g/mol. The van der Waals surface area contributed by atoms with E-state index in [2.05, 4.69) is 10.2 Å². The highest BCUT2D eigenvalue weighted by atomic mass is 32.1. The standard InChI is InChI=1S/C15H24N2O2S/c1-12-3-4-14(20-12)15(18)16-11-13-5-7-17(8-6-13)9-10-19-2/h3-4,13H,5-11H2,1-2H3,(H,16,18). The van der Waals surface area contributed by atoms with Crippen LogP contribution in [-0.4, -0.2) is 50.7 Å². The van der Waals surface area contributed by atoms with E-state index in [4.69, 9.17) is 4.74 Å². The second-order valence-corrected chi connectivity index (χ2v) is 6.69. The van der Waals surface area contributed by atoms with Crippen molar-refractivity contribution in [3.05, 3.63) is 21.9 Å². The molecule has 0 aromatic carbocycles. The van der Waals surface area contributed by atoms with Gasteiger partial charge in [-0.15, -0.1) is 11.3 Å². The first-order valence-electron chi connectivity index (χ1n) is 7.25. The predicted octanol–water partition coefficient (Wildman–Crippen LogP) is 2.14. The van der Waals surface area contributed by atoms with Gasteiger partial charge in [0.1, 0.15) is 0 Å². The average molecular weight is 296 g/mol. The van der Waals surface area contributed by atoms with Crippen LogP contribution in [0.3, 0.4) is 0 Å². The van der Waals surface area contributed by atoms with Gasteiger partial charge in [0.25, 0.3) is 5.91 Å². The van der Waals surface area contributed by atoms with E-state index >= 15 is 0 Å². The Labute approximate surface area is 125 Å². The smallest absolute Gasteiger partial charge is 0.261 e. The number of nitrogens with one attached hydrogen (secondary N) is 1. The minimum atomic E-state index is 0.0740. The second-order valence-electron chi connectivity index (χ2n) is 5.40. The molecule has 1 fully saturated rings. The van der Waals surface area contributed by atoms with Crippen LogP contribution in [0.25, 0.3) is 0 Å².